The summed E-state index contributed by atoms with van der Waals surface area (Å²) >= 11 is 8.36. The largest absolute Gasteiger partial charge is 0.535 e. The van der Waals surface area contributed by atoms with Crippen LogP contribution < -0.4 is 59.9 Å². The minimum atomic E-state index is -1.49. The fourth-order valence-electron chi connectivity index (χ4n) is 11.7. The zero-order chi connectivity index (χ0) is 79.2. The maximum Gasteiger partial charge on any atom is 0.525 e. The molecule has 16 N–H and O–H groups in total. The van der Waals surface area contributed by atoms with E-state index in [9.17, 15) is 92.8 Å². The Labute approximate surface area is 645 Å². The van der Waals surface area contributed by atoms with E-state index in [2.05, 4.69) is 31.9 Å². The monoisotopic (exact) mass is 1610 g/mol. The number of carbonyl (C=O) groups is 10. The van der Waals surface area contributed by atoms with Crippen molar-refractivity contribution >= 4 is 166 Å². The second-order valence-corrected chi connectivity index (χ2v) is 29.5. The molecule has 0 radical (unpaired) electrons. The number of carbonyl (C=O) groups excluding carboxylic acids is 5. The summed E-state index contributed by atoms with van der Waals surface area (Å²) in [5.74, 6) is -6.20. The van der Waals surface area contributed by atoms with E-state index < -0.39 is 107 Å². The first-order valence-corrected chi connectivity index (χ1v) is 40.5. The van der Waals surface area contributed by atoms with Gasteiger partial charge in [0.05, 0.1) is 66.1 Å². The van der Waals surface area contributed by atoms with Crippen LogP contribution in [0.1, 0.15) is 110 Å². The van der Waals surface area contributed by atoms with Gasteiger partial charge in [0.15, 0.2) is 0 Å². The zero-order valence-electron chi connectivity index (χ0n) is 58.6. The topological polar surface area (TPSA) is 501 Å². The molecule has 11 rings (SSSR count). The van der Waals surface area contributed by atoms with E-state index in [1.807, 2.05) is 12.5 Å². The van der Waals surface area contributed by atoms with Crippen LogP contribution in [0.3, 0.4) is 0 Å². The Morgan fingerprint density at radius 1 is 0.426 bits per heavy atom. The summed E-state index contributed by atoms with van der Waals surface area (Å²) < 4.78 is 44.8. The third-order valence-electron chi connectivity index (χ3n) is 16.4. The Kier molecular flexibility index (Phi) is 33.4. The first-order chi connectivity index (χ1) is 51.4. The van der Waals surface area contributed by atoms with Crippen molar-refractivity contribution < 1.29 is 131 Å². The highest BCUT2D eigenvalue weighted by molar-refractivity contribution is 8.00. The molecular weight excluding hydrogens is 1530 g/mol. The Morgan fingerprint density at radius 3 is 1.06 bits per heavy atom. The predicted octanol–water partition coefficient (Wildman–Crippen LogP) is 4.10. The molecule has 5 aromatic carbocycles. The lowest BCUT2D eigenvalue weighted by Crippen LogP contribution is -2.45. The molecule has 6 aliphatic rings. The number of carboxylic acids is 5. The van der Waals surface area contributed by atoms with E-state index in [0.717, 1.165) is 19.2 Å². The number of amides is 5. The maximum absolute atomic E-state index is 13.6. The SMILES string of the molecule is COc1ccc2c(c1C(=O)O)OB(O)C[C@H]2NC(=O)CSC.CSCC(=O)N[C@@H]1CB(O)Oc2c(C(=O)O)cccc21.CSCC(=O)N[C@@H]1CB(O)Oc2c1ccc(F)c2C(=O)O.CSCC(=O)N[C@@H]1CB(O)Oc2c1ccc(SC)c2C(=O)O.O=C(CSC1CNC1)N[C@@H]1CB(O)Oc2c(C(=O)O)cccc21. The molecule has 5 amide bonds. The van der Waals surface area contributed by atoms with Crippen LogP contribution in [0.25, 0.3) is 0 Å². The summed E-state index contributed by atoms with van der Waals surface area (Å²) in [6.45, 7) is 1.83. The number of ether oxygens (including phenoxy) is 1. The molecule has 1 fully saturated rings. The summed E-state index contributed by atoms with van der Waals surface area (Å²) in [5.41, 5.74) is 1.76. The van der Waals surface area contributed by atoms with Gasteiger partial charge in [-0.2, -0.15) is 47.0 Å². The molecule has 5 aromatic rings. The number of carboxylic acid groups (broad SMARTS) is 5. The van der Waals surface area contributed by atoms with Crippen molar-refractivity contribution in [2.75, 3.05) is 80.2 Å². The smallest absolute Gasteiger partial charge is 0.525 e. The van der Waals surface area contributed by atoms with Crippen LogP contribution in [-0.2, 0) is 24.0 Å². The van der Waals surface area contributed by atoms with Gasteiger partial charge in [-0.3, -0.25) is 24.0 Å². The summed E-state index contributed by atoms with van der Waals surface area (Å²) in [4.78, 5) is 116. The second kappa shape index (κ2) is 41.5. The highest BCUT2D eigenvalue weighted by Crippen LogP contribution is 2.44. The Morgan fingerprint density at radius 2 is 0.741 bits per heavy atom. The van der Waals surface area contributed by atoms with Crippen molar-refractivity contribution in [3.8, 4) is 34.5 Å². The van der Waals surface area contributed by atoms with Crippen molar-refractivity contribution in [2.24, 2.45) is 0 Å². The van der Waals surface area contributed by atoms with Gasteiger partial charge in [0.1, 0.15) is 68.1 Å². The van der Waals surface area contributed by atoms with Crippen LogP contribution in [0.2, 0.25) is 31.6 Å². The molecule has 0 aromatic heterocycles. The number of nitrogens with one attached hydrogen (secondary N) is 6. The fourth-order valence-corrected chi connectivity index (χ4v) is 14.6. The second-order valence-electron chi connectivity index (χ2n) is 23.9. The van der Waals surface area contributed by atoms with E-state index >= 15 is 0 Å². The zero-order valence-corrected chi connectivity index (χ0v) is 63.5. The molecule has 0 spiro atoms. The molecule has 0 bridgehead atoms. The highest BCUT2D eigenvalue weighted by atomic mass is 32.2. The van der Waals surface area contributed by atoms with E-state index in [1.54, 1.807) is 73.0 Å². The third-order valence-corrected chi connectivity index (χ3v) is 20.6. The lowest BCUT2D eigenvalue weighted by atomic mass is 9.75. The van der Waals surface area contributed by atoms with E-state index in [-0.39, 0.29) is 129 Å². The lowest BCUT2D eigenvalue weighted by molar-refractivity contribution is -0.120. The number of para-hydroxylation sites is 2. The van der Waals surface area contributed by atoms with Crippen LogP contribution in [0.15, 0.2) is 77.7 Å². The van der Waals surface area contributed by atoms with Gasteiger partial charge in [-0.25, -0.2) is 28.4 Å². The van der Waals surface area contributed by atoms with Gasteiger partial charge in [-0.1, -0.05) is 36.4 Å². The van der Waals surface area contributed by atoms with E-state index in [4.69, 9.17) is 38.2 Å². The minimum absolute atomic E-state index is 0.0181. The number of benzene rings is 5. The third kappa shape index (κ3) is 23.4. The van der Waals surface area contributed by atoms with Gasteiger partial charge in [0.25, 0.3) is 0 Å². The lowest BCUT2D eigenvalue weighted by Gasteiger charge is -2.30. The first-order valence-electron chi connectivity index (χ1n) is 32.6. The standard InChI is InChI=1S/C14H17BN2O5S.C13H16BNO6S.C13H16BNO5S2.C12H13BFNO5S.C12H14BNO5S/c18-12(7-23-8-5-16-6-8)17-11-4-15(21)22-13-9(11)2-1-3-10(13)14(19)20;1-20-9-4-3-7-8(15-10(16)6-22-2)5-14(19)21-12(7)11(9)13(17)18;1-21-6-10(16)15-8-5-14(19)20-12-7(8)3-4-9(22-2)11(12)13(17)18;1-21-5-9(16)15-8-4-13(19)20-11-6(8)2-3-7(14)10(11)12(17)18;1-20-6-10(15)14-9-5-13(18)19-11-7(9)3-2-4-8(11)12(16)17/h1-3,8,11,16,21H,4-7H2,(H,17,18)(H,19,20);2*3-4,8,19H,5-6H2,1-2H3,(H,15,16)(H,17,18);2-3,8,19H,4-5H2,1H3,(H,15,16)(H,17,18);2-4,9,18H,5-6H2,1H3,(H,14,15)(H,16,17)/t11-;3*8-;9-/m11111/s1. The average Bonchev–Trinajstić information content (AvgIpc) is 0.799. The van der Waals surface area contributed by atoms with E-state index in [1.165, 1.54) is 90.2 Å². The molecule has 5 atom stereocenters. The van der Waals surface area contributed by atoms with Crippen molar-refractivity contribution in [1.82, 2.24) is 31.9 Å². The molecule has 1 saturated heterocycles. The number of hydrogen-bond acceptors (Lipinski definition) is 28. The van der Waals surface area contributed by atoms with E-state index in [0.29, 0.717) is 55.2 Å². The maximum atomic E-state index is 13.6. The Bertz CT molecular complexity index is 4030. The molecule has 0 saturated carbocycles. The Hall–Kier alpha value is -8.29. The quantitative estimate of drug-likeness (QED) is 0.0323. The van der Waals surface area contributed by atoms with Crippen molar-refractivity contribution in [1.29, 1.82) is 0 Å². The van der Waals surface area contributed by atoms with Crippen LogP contribution in [0.5, 0.6) is 34.5 Å². The summed E-state index contributed by atoms with van der Waals surface area (Å²) in [6, 6.07) is 15.9. The molecule has 0 unspecified atom stereocenters. The summed E-state index contributed by atoms with van der Waals surface area (Å²) in [5, 5.41) is 113. The van der Waals surface area contributed by atoms with Gasteiger partial charge >= 0.3 is 65.4 Å². The van der Waals surface area contributed by atoms with Crippen molar-refractivity contribution in [3.05, 3.63) is 134 Å². The number of hydrogen-bond donors (Lipinski definition) is 16. The highest BCUT2D eigenvalue weighted by Gasteiger charge is 2.42. The summed E-state index contributed by atoms with van der Waals surface area (Å²) in [6.07, 6.45) is 9.76. The molecule has 6 aliphatic heterocycles. The molecule has 0 aliphatic carbocycles. The van der Waals surface area contributed by atoms with Gasteiger partial charge in [-0.05, 0) is 67.7 Å². The minimum Gasteiger partial charge on any atom is -0.535 e. The first kappa shape index (κ1) is 86.9. The fraction of sp³-hybridized carbons (Fsp3) is 0.375. The van der Waals surface area contributed by atoms with Crippen molar-refractivity contribution in [2.45, 2.75) is 72.0 Å². The molecule has 44 heteroatoms. The number of rotatable bonds is 23. The number of fused-ring (bicyclic) bond motifs is 5. The molecule has 6 heterocycles. The molecule has 32 nitrogen and oxygen atoms in total. The number of aromatic carboxylic acids is 5. The van der Waals surface area contributed by atoms with Crippen LogP contribution >= 0.6 is 70.6 Å². The van der Waals surface area contributed by atoms with Crippen LogP contribution in [0.4, 0.5) is 4.39 Å². The normalized spacial score (nSPS) is 17.5. The molecule has 576 valence electrons. The van der Waals surface area contributed by atoms with Crippen LogP contribution in [-0.4, -0.2) is 231 Å². The Balaban J connectivity index is 0.000000188. The number of halogens is 1. The predicted molar refractivity (Wildman–Crippen MR) is 409 cm³/mol. The average molecular weight is 1610 g/mol. The number of thioether (sulfide) groups is 6. The summed E-state index contributed by atoms with van der Waals surface area (Å²) in [7, 11) is -4.58. The van der Waals surface area contributed by atoms with Gasteiger partial charge in [-0.15, -0.1) is 23.5 Å². The van der Waals surface area contributed by atoms with Gasteiger partial charge < -0.3 is 111 Å². The molecule has 108 heavy (non-hydrogen) atoms. The molecular formula is C64H76B5FN6O26S6. The number of methoxy groups -OCH3 is 1. The van der Waals surface area contributed by atoms with Crippen LogP contribution in [0, 0.1) is 5.82 Å². The van der Waals surface area contributed by atoms with Gasteiger partial charge in [0.2, 0.25) is 29.5 Å². The van der Waals surface area contributed by atoms with Crippen molar-refractivity contribution in [3.63, 3.8) is 0 Å². The van der Waals surface area contributed by atoms with Gasteiger partial charge in [0, 0.05) is 82.7 Å².